The zero-order valence-corrected chi connectivity index (χ0v) is 11.5. The van der Waals surface area contributed by atoms with Crippen LogP contribution in [0.3, 0.4) is 0 Å². The monoisotopic (exact) mass is 272 g/mol. The molecule has 0 bridgehead atoms. The summed E-state index contributed by atoms with van der Waals surface area (Å²) in [7, 11) is 0. The quantitative estimate of drug-likeness (QED) is 0.927. The van der Waals surface area contributed by atoms with Crippen molar-refractivity contribution in [3.8, 4) is 0 Å². The van der Waals surface area contributed by atoms with Crippen molar-refractivity contribution in [1.29, 1.82) is 0 Å². The van der Waals surface area contributed by atoms with Gasteiger partial charge < -0.3 is 14.7 Å². The van der Waals surface area contributed by atoms with E-state index in [9.17, 15) is 0 Å². The standard InChI is InChI=1S/C16H20N2O2/c19-11-12-20-13-6-9-18(10-7-13)16-5-8-17-15-4-2-1-3-14(15)16/h1-5,8,13,19H,6-7,9-12H2. The van der Waals surface area contributed by atoms with Gasteiger partial charge in [-0.1, -0.05) is 18.2 Å². The number of hydrogen-bond donors (Lipinski definition) is 1. The average Bonchev–Trinajstić information content (AvgIpc) is 2.53. The molecule has 0 saturated carbocycles. The van der Waals surface area contributed by atoms with E-state index in [0.29, 0.717) is 6.61 Å². The molecule has 2 heterocycles. The van der Waals surface area contributed by atoms with Crippen molar-refractivity contribution in [3.05, 3.63) is 36.5 Å². The zero-order valence-electron chi connectivity index (χ0n) is 11.5. The number of anilines is 1. The number of ether oxygens (including phenoxy) is 1. The number of aliphatic hydroxyl groups excluding tert-OH is 1. The Morgan fingerprint density at radius 2 is 2.00 bits per heavy atom. The SMILES string of the molecule is OCCOC1CCN(c2ccnc3ccccc23)CC1. The van der Waals surface area contributed by atoms with E-state index in [1.807, 2.05) is 12.3 Å². The Kier molecular flexibility index (Phi) is 4.14. The van der Waals surface area contributed by atoms with Gasteiger partial charge in [-0.2, -0.15) is 0 Å². The van der Waals surface area contributed by atoms with Crippen LogP contribution in [-0.2, 0) is 4.74 Å². The van der Waals surface area contributed by atoms with Crippen LogP contribution in [0.5, 0.6) is 0 Å². The number of hydrogen-bond acceptors (Lipinski definition) is 4. The van der Waals surface area contributed by atoms with Crippen LogP contribution in [0.2, 0.25) is 0 Å². The molecule has 20 heavy (non-hydrogen) atoms. The number of nitrogens with zero attached hydrogens (tertiary/aromatic N) is 2. The molecule has 2 aromatic rings. The predicted molar refractivity (Wildman–Crippen MR) is 80.0 cm³/mol. The van der Waals surface area contributed by atoms with E-state index in [1.54, 1.807) is 0 Å². The number of pyridine rings is 1. The molecule has 106 valence electrons. The van der Waals surface area contributed by atoms with Crippen LogP contribution in [0.1, 0.15) is 12.8 Å². The van der Waals surface area contributed by atoms with E-state index < -0.39 is 0 Å². The number of aromatic nitrogens is 1. The van der Waals surface area contributed by atoms with Gasteiger partial charge in [-0.05, 0) is 25.0 Å². The fraction of sp³-hybridized carbons (Fsp3) is 0.438. The van der Waals surface area contributed by atoms with E-state index >= 15 is 0 Å². The summed E-state index contributed by atoms with van der Waals surface area (Å²) in [6, 6.07) is 10.4. The predicted octanol–water partition coefficient (Wildman–Crippen LogP) is 2.21. The molecule has 1 aliphatic heterocycles. The van der Waals surface area contributed by atoms with Gasteiger partial charge >= 0.3 is 0 Å². The molecule has 4 heteroatoms. The maximum atomic E-state index is 8.80. The van der Waals surface area contributed by atoms with Gasteiger partial charge in [0.1, 0.15) is 0 Å². The van der Waals surface area contributed by atoms with Gasteiger partial charge in [0, 0.05) is 30.4 Å². The third kappa shape index (κ3) is 2.76. The fourth-order valence-electron chi connectivity index (χ4n) is 2.84. The molecule has 0 radical (unpaired) electrons. The van der Waals surface area contributed by atoms with Crippen molar-refractivity contribution < 1.29 is 9.84 Å². The Balaban J connectivity index is 1.74. The van der Waals surface area contributed by atoms with Crippen LogP contribution < -0.4 is 4.90 Å². The number of aliphatic hydroxyl groups is 1. The van der Waals surface area contributed by atoms with Gasteiger partial charge in [-0.15, -0.1) is 0 Å². The summed E-state index contributed by atoms with van der Waals surface area (Å²) in [6.07, 6.45) is 4.19. The summed E-state index contributed by atoms with van der Waals surface area (Å²) in [5.41, 5.74) is 2.31. The van der Waals surface area contributed by atoms with Gasteiger partial charge in [-0.25, -0.2) is 0 Å². The molecule has 1 saturated heterocycles. The lowest BCUT2D eigenvalue weighted by atomic mass is 10.1. The third-order valence-corrected chi connectivity index (χ3v) is 3.85. The second-order valence-electron chi connectivity index (χ2n) is 5.13. The van der Waals surface area contributed by atoms with Gasteiger partial charge in [0.25, 0.3) is 0 Å². The van der Waals surface area contributed by atoms with E-state index in [-0.39, 0.29) is 12.7 Å². The van der Waals surface area contributed by atoms with Crippen LogP contribution >= 0.6 is 0 Å². The second-order valence-corrected chi connectivity index (χ2v) is 5.13. The highest BCUT2D eigenvalue weighted by atomic mass is 16.5. The summed E-state index contributed by atoms with van der Waals surface area (Å²) < 4.78 is 5.61. The van der Waals surface area contributed by atoms with Gasteiger partial charge in [-0.3, -0.25) is 4.98 Å². The Morgan fingerprint density at radius 1 is 1.20 bits per heavy atom. The van der Waals surface area contributed by atoms with Crippen molar-refractivity contribution in [2.75, 3.05) is 31.2 Å². The lowest BCUT2D eigenvalue weighted by molar-refractivity contribution is 0.0159. The first-order chi connectivity index (χ1) is 9.88. The third-order valence-electron chi connectivity index (χ3n) is 3.85. The van der Waals surface area contributed by atoms with Crippen LogP contribution in [-0.4, -0.2) is 42.5 Å². The van der Waals surface area contributed by atoms with Crippen LogP contribution in [0.25, 0.3) is 10.9 Å². The summed E-state index contributed by atoms with van der Waals surface area (Å²) in [6.45, 7) is 2.53. The molecule has 3 rings (SSSR count). The van der Waals surface area contributed by atoms with E-state index in [1.165, 1.54) is 11.1 Å². The highest BCUT2D eigenvalue weighted by Crippen LogP contribution is 2.28. The van der Waals surface area contributed by atoms with E-state index in [0.717, 1.165) is 31.4 Å². The number of piperidine rings is 1. The number of fused-ring (bicyclic) bond motifs is 1. The van der Waals surface area contributed by atoms with Crippen molar-refractivity contribution in [3.63, 3.8) is 0 Å². The molecule has 0 aliphatic carbocycles. The number of para-hydroxylation sites is 1. The maximum Gasteiger partial charge on any atom is 0.0722 e. The van der Waals surface area contributed by atoms with Crippen LogP contribution in [0, 0.1) is 0 Å². The molecular weight excluding hydrogens is 252 g/mol. The second kappa shape index (κ2) is 6.20. The normalized spacial score (nSPS) is 16.8. The van der Waals surface area contributed by atoms with Crippen molar-refractivity contribution in [2.45, 2.75) is 18.9 Å². The highest BCUT2D eigenvalue weighted by Gasteiger charge is 2.20. The summed E-state index contributed by atoms with van der Waals surface area (Å²) >= 11 is 0. The van der Waals surface area contributed by atoms with E-state index in [2.05, 4.69) is 34.1 Å². The molecular formula is C16H20N2O2. The molecule has 4 nitrogen and oxygen atoms in total. The first-order valence-electron chi connectivity index (χ1n) is 7.19. The first-order valence-corrected chi connectivity index (χ1v) is 7.19. The minimum absolute atomic E-state index is 0.106. The Labute approximate surface area is 119 Å². The van der Waals surface area contributed by atoms with Gasteiger partial charge in [0.2, 0.25) is 0 Å². The molecule has 0 atom stereocenters. The largest absolute Gasteiger partial charge is 0.394 e. The summed E-state index contributed by atoms with van der Waals surface area (Å²) in [5, 5.41) is 10.0. The molecule has 1 aromatic heterocycles. The summed E-state index contributed by atoms with van der Waals surface area (Å²) in [5.74, 6) is 0. The van der Waals surface area contributed by atoms with Crippen LogP contribution in [0.15, 0.2) is 36.5 Å². The van der Waals surface area contributed by atoms with Gasteiger partial charge in [0.05, 0.1) is 24.8 Å². The molecule has 1 aliphatic rings. The zero-order chi connectivity index (χ0) is 13.8. The lowest BCUT2D eigenvalue weighted by Gasteiger charge is -2.34. The molecule has 0 amide bonds. The fourth-order valence-corrected chi connectivity index (χ4v) is 2.84. The number of benzene rings is 1. The Hall–Kier alpha value is -1.65. The molecule has 1 N–H and O–H groups in total. The smallest absolute Gasteiger partial charge is 0.0722 e. The first kappa shape index (κ1) is 13.3. The van der Waals surface area contributed by atoms with Crippen molar-refractivity contribution in [1.82, 2.24) is 4.98 Å². The Morgan fingerprint density at radius 3 is 2.80 bits per heavy atom. The van der Waals surface area contributed by atoms with E-state index in [4.69, 9.17) is 9.84 Å². The Bertz CT molecular complexity index is 560. The minimum atomic E-state index is 0.106. The molecule has 0 spiro atoms. The van der Waals surface area contributed by atoms with Gasteiger partial charge in [0.15, 0.2) is 0 Å². The average molecular weight is 272 g/mol. The molecule has 0 unspecified atom stereocenters. The number of rotatable bonds is 4. The summed E-state index contributed by atoms with van der Waals surface area (Å²) in [4.78, 5) is 6.82. The van der Waals surface area contributed by atoms with Crippen LogP contribution in [0.4, 0.5) is 5.69 Å². The van der Waals surface area contributed by atoms with Crippen molar-refractivity contribution >= 4 is 16.6 Å². The maximum absolute atomic E-state index is 8.80. The van der Waals surface area contributed by atoms with Crippen molar-refractivity contribution in [2.24, 2.45) is 0 Å². The minimum Gasteiger partial charge on any atom is -0.394 e. The molecule has 1 fully saturated rings. The molecule has 1 aromatic carbocycles. The highest BCUT2D eigenvalue weighted by molar-refractivity contribution is 5.91. The lowest BCUT2D eigenvalue weighted by Crippen LogP contribution is -2.37. The topological polar surface area (TPSA) is 45.6 Å².